The Hall–Kier alpha value is -2.76. The van der Waals surface area contributed by atoms with E-state index < -0.39 is 0 Å². The number of aryl methyl sites for hydroxylation is 2. The quantitative estimate of drug-likeness (QED) is 0.853. The first-order chi connectivity index (χ1) is 12.0. The van der Waals surface area contributed by atoms with Crippen LogP contribution in [0.5, 0.6) is 11.5 Å². The number of hydrogen-bond acceptors (Lipinski definition) is 5. The first-order valence-electron chi connectivity index (χ1n) is 8.21. The molecule has 0 saturated heterocycles. The van der Waals surface area contributed by atoms with Crippen LogP contribution in [0.4, 0.5) is 5.69 Å². The third-order valence-corrected chi connectivity index (χ3v) is 4.43. The highest BCUT2D eigenvalue weighted by Gasteiger charge is 2.27. The molecule has 0 atom stereocenters. The average Bonchev–Trinajstić information content (AvgIpc) is 2.61. The Labute approximate surface area is 146 Å². The fraction of sp³-hybridized carbons (Fsp3) is 0.368. The number of ether oxygens (including phenoxy) is 2. The fourth-order valence-electron chi connectivity index (χ4n) is 3.15. The highest BCUT2D eigenvalue weighted by molar-refractivity contribution is 5.97. The molecule has 2 aromatic rings. The number of carbonyl (C=O) groups is 1. The Morgan fingerprint density at radius 3 is 2.80 bits per heavy atom. The Morgan fingerprint density at radius 1 is 1.28 bits per heavy atom. The molecule has 25 heavy (non-hydrogen) atoms. The van der Waals surface area contributed by atoms with Gasteiger partial charge in [0.1, 0.15) is 11.5 Å². The molecule has 0 fully saturated rings. The second kappa shape index (κ2) is 7.01. The third-order valence-electron chi connectivity index (χ3n) is 4.43. The van der Waals surface area contributed by atoms with Crippen molar-refractivity contribution in [3.8, 4) is 11.5 Å². The minimum atomic E-state index is -0.302. The molecule has 1 aromatic heterocycles. The van der Waals surface area contributed by atoms with Crippen molar-refractivity contribution in [2.24, 2.45) is 0 Å². The standard InChI is InChI=1S/C19H21NO5/c1-12-6-7-16(23-3)18-14(12)5-4-9-20(18)17(22)11-25-19-13(2)24-10-8-15(19)21/h6-8,10H,4-5,9,11H2,1-3H3. The van der Waals surface area contributed by atoms with Crippen molar-refractivity contribution in [3.63, 3.8) is 0 Å². The lowest BCUT2D eigenvalue weighted by atomic mass is 9.96. The van der Waals surface area contributed by atoms with Gasteiger partial charge < -0.3 is 18.8 Å². The minimum Gasteiger partial charge on any atom is -0.495 e. The van der Waals surface area contributed by atoms with E-state index in [0.717, 1.165) is 29.7 Å². The highest BCUT2D eigenvalue weighted by Crippen LogP contribution is 2.38. The maximum absolute atomic E-state index is 12.7. The van der Waals surface area contributed by atoms with Gasteiger partial charge in [0.2, 0.25) is 11.2 Å². The lowest BCUT2D eigenvalue weighted by Gasteiger charge is -2.31. The molecule has 0 unspecified atom stereocenters. The molecule has 0 saturated carbocycles. The molecule has 1 aliphatic heterocycles. The molecule has 0 radical (unpaired) electrons. The van der Waals surface area contributed by atoms with Crippen molar-refractivity contribution < 1.29 is 18.7 Å². The smallest absolute Gasteiger partial charge is 0.265 e. The van der Waals surface area contributed by atoms with Gasteiger partial charge in [0.15, 0.2) is 6.61 Å². The summed E-state index contributed by atoms with van der Waals surface area (Å²) < 4.78 is 16.1. The van der Waals surface area contributed by atoms with E-state index >= 15 is 0 Å². The Bertz CT molecular complexity index is 855. The first-order valence-corrected chi connectivity index (χ1v) is 8.21. The van der Waals surface area contributed by atoms with Crippen LogP contribution < -0.4 is 19.8 Å². The summed E-state index contributed by atoms with van der Waals surface area (Å²) >= 11 is 0. The summed E-state index contributed by atoms with van der Waals surface area (Å²) in [6.45, 7) is 4.02. The van der Waals surface area contributed by atoms with Crippen LogP contribution in [0.15, 0.2) is 33.7 Å². The predicted octanol–water partition coefficient (Wildman–Crippen LogP) is 2.62. The lowest BCUT2D eigenvalue weighted by Crippen LogP contribution is -2.39. The molecule has 132 valence electrons. The summed E-state index contributed by atoms with van der Waals surface area (Å²) in [5, 5.41) is 0. The zero-order valence-corrected chi connectivity index (χ0v) is 14.6. The maximum Gasteiger partial charge on any atom is 0.265 e. The number of anilines is 1. The van der Waals surface area contributed by atoms with Gasteiger partial charge in [-0.1, -0.05) is 6.07 Å². The number of benzene rings is 1. The van der Waals surface area contributed by atoms with Crippen molar-refractivity contribution in [1.29, 1.82) is 0 Å². The van der Waals surface area contributed by atoms with Gasteiger partial charge in [-0.2, -0.15) is 0 Å². The Kier molecular flexibility index (Phi) is 4.79. The number of hydrogen-bond donors (Lipinski definition) is 0. The topological polar surface area (TPSA) is 69.0 Å². The molecular weight excluding hydrogens is 322 g/mol. The van der Waals surface area contributed by atoms with Crippen LogP contribution in [0.2, 0.25) is 0 Å². The molecule has 2 heterocycles. The van der Waals surface area contributed by atoms with Crippen molar-refractivity contribution in [2.75, 3.05) is 25.2 Å². The maximum atomic E-state index is 12.7. The Morgan fingerprint density at radius 2 is 2.08 bits per heavy atom. The van der Waals surface area contributed by atoms with E-state index in [-0.39, 0.29) is 23.7 Å². The normalized spacial score (nSPS) is 13.3. The van der Waals surface area contributed by atoms with Crippen molar-refractivity contribution in [1.82, 2.24) is 0 Å². The summed E-state index contributed by atoms with van der Waals surface area (Å²) in [5.41, 5.74) is 2.76. The zero-order valence-electron chi connectivity index (χ0n) is 14.6. The van der Waals surface area contributed by atoms with Crippen LogP contribution >= 0.6 is 0 Å². The van der Waals surface area contributed by atoms with Crippen LogP contribution in [-0.4, -0.2) is 26.2 Å². The largest absolute Gasteiger partial charge is 0.495 e. The van der Waals surface area contributed by atoms with E-state index in [1.54, 1.807) is 18.9 Å². The molecular formula is C19H21NO5. The van der Waals surface area contributed by atoms with Crippen molar-refractivity contribution in [3.05, 3.63) is 51.6 Å². The van der Waals surface area contributed by atoms with Gasteiger partial charge in [-0.3, -0.25) is 9.59 Å². The zero-order chi connectivity index (χ0) is 18.0. The minimum absolute atomic E-state index is 0.0734. The first kappa shape index (κ1) is 17.1. The summed E-state index contributed by atoms with van der Waals surface area (Å²) in [6, 6.07) is 5.15. The van der Waals surface area contributed by atoms with Crippen LogP contribution in [0.1, 0.15) is 23.3 Å². The number of nitrogens with zero attached hydrogens (tertiary/aromatic N) is 1. The molecule has 1 aliphatic rings. The van der Waals surface area contributed by atoms with Crippen LogP contribution in [0, 0.1) is 13.8 Å². The van der Waals surface area contributed by atoms with E-state index in [1.165, 1.54) is 12.3 Å². The SMILES string of the molecule is COc1ccc(C)c2c1N(C(=O)COc1c(C)occc1=O)CCC2. The van der Waals surface area contributed by atoms with E-state index in [9.17, 15) is 9.59 Å². The summed E-state index contributed by atoms with van der Waals surface area (Å²) in [6.07, 6.45) is 3.09. The monoisotopic (exact) mass is 343 g/mol. The van der Waals surface area contributed by atoms with Gasteiger partial charge in [-0.05, 0) is 43.9 Å². The van der Waals surface area contributed by atoms with Gasteiger partial charge in [0.05, 0.1) is 19.1 Å². The number of fused-ring (bicyclic) bond motifs is 1. The van der Waals surface area contributed by atoms with E-state index in [1.807, 2.05) is 19.1 Å². The van der Waals surface area contributed by atoms with Crippen LogP contribution in [-0.2, 0) is 11.2 Å². The lowest BCUT2D eigenvalue weighted by molar-refractivity contribution is -0.120. The van der Waals surface area contributed by atoms with Gasteiger partial charge in [-0.15, -0.1) is 0 Å². The molecule has 3 rings (SSSR count). The summed E-state index contributed by atoms with van der Waals surface area (Å²) in [5.74, 6) is 0.883. The van der Waals surface area contributed by atoms with Crippen LogP contribution in [0.25, 0.3) is 0 Å². The molecule has 0 aliphatic carbocycles. The third kappa shape index (κ3) is 3.24. The summed E-state index contributed by atoms with van der Waals surface area (Å²) in [7, 11) is 1.59. The highest BCUT2D eigenvalue weighted by atomic mass is 16.5. The van der Waals surface area contributed by atoms with Gasteiger partial charge in [-0.25, -0.2) is 0 Å². The van der Waals surface area contributed by atoms with E-state index in [4.69, 9.17) is 13.9 Å². The molecule has 1 amide bonds. The average molecular weight is 343 g/mol. The second-order valence-corrected chi connectivity index (χ2v) is 6.02. The molecule has 6 nitrogen and oxygen atoms in total. The number of carbonyl (C=O) groups excluding carboxylic acids is 1. The molecule has 0 bridgehead atoms. The number of methoxy groups -OCH3 is 1. The fourth-order valence-corrected chi connectivity index (χ4v) is 3.15. The Balaban J connectivity index is 1.85. The molecule has 6 heteroatoms. The van der Waals surface area contributed by atoms with Crippen LogP contribution in [0.3, 0.4) is 0 Å². The summed E-state index contributed by atoms with van der Waals surface area (Å²) in [4.78, 5) is 26.3. The molecule has 0 N–H and O–H groups in total. The van der Waals surface area contributed by atoms with Gasteiger partial charge in [0, 0.05) is 12.6 Å². The van der Waals surface area contributed by atoms with Crippen molar-refractivity contribution >= 4 is 11.6 Å². The van der Waals surface area contributed by atoms with E-state index in [0.29, 0.717) is 18.1 Å². The second-order valence-electron chi connectivity index (χ2n) is 6.02. The predicted molar refractivity (Wildman–Crippen MR) is 93.6 cm³/mol. The molecule has 0 spiro atoms. The van der Waals surface area contributed by atoms with Gasteiger partial charge >= 0.3 is 0 Å². The van der Waals surface area contributed by atoms with Gasteiger partial charge in [0.25, 0.3) is 5.91 Å². The van der Waals surface area contributed by atoms with E-state index in [2.05, 4.69) is 0 Å². The number of rotatable bonds is 4. The molecule has 1 aromatic carbocycles. The number of amides is 1. The van der Waals surface area contributed by atoms with Crippen molar-refractivity contribution in [2.45, 2.75) is 26.7 Å².